The molecular formula is C12H24N2. The van der Waals surface area contributed by atoms with Crippen LogP contribution in [-0.4, -0.2) is 37.1 Å². The monoisotopic (exact) mass is 196 g/mol. The number of nitrogens with one attached hydrogen (secondary N) is 1. The summed E-state index contributed by atoms with van der Waals surface area (Å²) < 4.78 is 0. The lowest BCUT2D eigenvalue weighted by Gasteiger charge is -2.20. The molecule has 0 aliphatic carbocycles. The lowest BCUT2D eigenvalue weighted by atomic mass is 10.1. The van der Waals surface area contributed by atoms with Crippen molar-refractivity contribution >= 4 is 0 Å². The molecule has 0 aromatic carbocycles. The number of allylic oxidation sites excluding steroid dienone is 1. The van der Waals surface area contributed by atoms with Gasteiger partial charge in [-0.2, -0.15) is 0 Å². The summed E-state index contributed by atoms with van der Waals surface area (Å²) in [4.78, 5) is 2.57. The standard InChI is InChI=1S/C12H24N2/c1-4-5-7-13-9-12-6-8-14(10-12)11(2)3/h4-5,11-13H,6-10H2,1-3H3/b5-4+. The van der Waals surface area contributed by atoms with E-state index in [-0.39, 0.29) is 0 Å². The Morgan fingerprint density at radius 1 is 1.50 bits per heavy atom. The Kier molecular flexibility index (Phi) is 5.20. The summed E-state index contributed by atoms with van der Waals surface area (Å²) in [5, 5.41) is 3.47. The van der Waals surface area contributed by atoms with E-state index >= 15 is 0 Å². The third-order valence-electron chi connectivity index (χ3n) is 2.98. The smallest absolute Gasteiger partial charge is 0.0134 e. The van der Waals surface area contributed by atoms with Crippen molar-refractivity contribution in [3.8, 4) is 0 Å². The van der Waals surface area contributed by atoms with Crippen LogP contribution in [0.2, 0.25) is 0 Å². The highest BCUT2D eigenvalue weighted by Gasteiger charge is 2.23. The Hall–Kier alpha value is -0.340. The number of nitrogens with zero attached hydrogens (tertiary/aromatic N) is 1. The normalized spacial score (nSPS) is 24.1. The molecule has 1 rings (SSSR count). The Balaban J connectivity index is 2.10. The van der Waals surface area contributed by atoms with Gasteiger partial charge in [0.2, 0.25) is 0 Å². The van der Waals surface area contributed by atoms with Gasteiger partial charge in [-0.3, -0.25) is 0 Å². The second kappa shape index (κ2) is 6.20. The van der Waals surface area contributed by atoms with Crippen LogP contribution < -0.4 is 5.32 Å². The average molecular weight is 196 g/mol. The van der Waals surface area contributed by atoms with Gasteiger partial charge in [0.1, 0.15) is 0 Å². The molecule has 0 radical (unpaired) electrons. The molecule has 1 heterocycles. The summed E-state index contributed by atoms with van der Waals surface area (Å²) >= 11 is 0. The van der Waals surface area contributed by atoms with Gasteiger partial charge >= 0.3 is 0 Å². The minimum Gasteiger partial charge on any atom is -0.313 e. The van der Waals surface area contributed by atoms with Crippen molar-refractivity contribution in [1.82, 2.24) is 10.2 Å². The Morgan fingerprint density at radius 3 is 2.86 bits per heavy atom. The maximum Gasteiger partial charge on any atom is 0.0134 e. The van der Waals surface area contributed by atoms with E-state index in [2.05, 4.69) is 43.1 Å². The second-order valence-electron chi connectivity index (χ2n) is 4.47. The van der Waals surface area contributed by atoms with Crippen molar-refractivity contribution in [3.63, 3.8) is 0 Å². The average Bonchev–Trinajstić information content (AvgIpc) is 2.61. The highest BCUT2D eigenvalue weighted by molar-refractivity contribution is 4.82. The van der Waals surface area contributed by atoms with E-state index in [9.17, 15) is 0 Å². The minimum absolute atomic E-state index is 0.718. The molecule has 14 heavy (non-hydrogen) atoms. The van der Waals surface area contributed by atoms with Crippen LogP contribution in [0, 0.1) is 5.92 Å². The van der Waals surface area contributed by atoms with Crippen molar-refractivity contribution in [2.24, 2.45) is 5.92 Å². The van der Waals surface area contributed by atoms with E-state index < -0.39 is 0 Å². The molecule has 1 unspecified atom stereocenters. The maximum absolute atomic E-state index is 3.47. The van der Waals surface area contributed by atoms with Crippen LogP contribution in [0.15, 0.2) is 12.2 Å². The molecule has 2 heteroatoms. The van der Waals surface area contributed by atoms with E-state index in [4.69, 9.17) is 0 Å². The molecule has 2 nitrogen and oxygen atoms in total. The molecule has 0 spiro atoms. The molecule has 0 bridgehead atoms. The van der Waals surface area contributed by atoms with Crippen LogP contribution in [0.1, 0.15) is 27.2 Å². The molecular weight excluding hydrogens is 172 g/mol. The summed E-state index contributed by atoms with van der Waals surface area (Å²) in [7, 11) is 0. The molecule has 1 aliphatic rings. The van der Waals surface area contributed by atoms with Crippen molar-refractivity contribution in [2.75, 3.05) is 26.2 Å². The van der Waals surface area contributed by atoms with Crippen LogP contribution in [0.3, 0.4) is 0 Å². The van der Waals surface area contributed by atoms with Gasteiger partial charge < -0.3 is 10.2 Å². The lowest BCUT2D eigenvalue weighted by Crippen LogP contribution is -2.30. The van der Waals surface area contributed by atoms with Gasteiger partial charge in [-0.15, -0.1) is 0 Å². The van der Waals surface area contributed by atoms with E-state index in [0.717, 1.165) is 18.5 Å². The van der Waals surface area contributed by atoms with Gasteiger partial charge in [-0.05, 0) is 46.2 Å². The molecule has 1 aliphatic heterocycles. The molecule has 0 saturated carbocycles. The van der Waals surface area contributed by atoms with Crippen LogP contribution in [0.25, 0.3) is 0 Å². The van der Waals surface area contributed by atoms with Crippen LogP contribution in [-0.2, 0) is 0 Å². The fraction of sp³-hybridized carbons (Fsp3) is 0.833. The summed E-state index contributed by atoms with van der Waals surface area (Å²) in [6.07, 6.45) is 5.64. The van der Waals surface area contributed by atoms with Gasteiger partial charge in [0.15, 0.2) is 0 Å². The van der Waals surface area contributed by atoms with Crippen LogP contribution >= 0.6 is 0 Å². The summed E-state index contributed by atoms with van der Waals surface area (Å²) in [6, 6.07) is 0.718. The van der Waals surface area contributed by atoms with E-state index in [1.807, 2.05) is 0 Å². The zero-order chi connectivity index (χ0) is 10.4. The maximum atomic E-state index is 3.47. The molecule has 1 fully saturated rings. The number of hydrogen-bond donors (Lipinski definition) is 1. The molecule has 1 N–H and O–H groups in total. The van der Waals surface area contributed by atoms with Gasteiger partial charge in [-0.1, -0.05) is 12.2 Å². The van der Waals surface area contributed by atoms with Crippen molar-refractivity contribution in [3.05, 3.63) is 12.2 Å². The van der Waals surface area contributed by atoms with E-state index in [1.54, 1.807) is 0 Å². The zero-order valence-electron chi connectivity index (χ0n) is 9.79. The van der Waals surface area contributed by atoms with Gasteiger partial charge in [-0.25, -0.2) is 0 Å². The third kappa shape index (κ3) is 3.81. The first-order chi connectivity index (χ1) is 6.74. The zero-order valence-corrected chi connectivity index (χ0v) is 9.79. The molecule has 1 atom stereocenters. The van der Waals surface area contributed by atoms with Crippen molar-refractivity contribution in [2.45, 2.75) is 33.2 Å². The van der Waals surface area contributed by atoms with Gasteiger partial charge in [0.25, 0.3) is 0 Å². The second-order valence-corrected chi connectivity index (χ2v) is 4.47. The topological polar surface area (TPSA) is 15.3 Å². The lowest BCUT2D eigenvalue weighted by molar-refractivity contribution is 0.264. The highest BCUT2D eigenvalue weighted by Crippen LogP contribution is 2.17. The minimum atomic E-state index is 0.718. The first-order valence-electron chi connectivity index (χ1n) is 5.80. The fourth-order valence-electron chi connectivity index (χ4n) is 1.99. The first-order valence-corrected chi connectivity index (χ1v) is 5.80. The Bertz CT molecular complexity index is 175. The Labute approximate surface area is 88.4 Å². The van der Waals surface area contributed by atoms with E-state index in [1.165, 1.54) is 26.1 Å². The highest BCUT2D eigenvalue weighted by atomic mass is 15.2. The number of rotatable bonds is 5. The number of hydrogen-bond acceptors (Lipinski definition) is 2. The summed E-state index contributed by atoms with van der Waals surface area (Å²) in [5.74, 6) is 0.864. The van der Waals surface area contributed by atoms with Crippen LogP contribution in [0.4, 0.5) is 0 Å². The molecule has 0 aromatic rings. The molecule has 0 aromatic heterocycles. The van der Waals surface area contributed by atoms with E-state index in [0.29, 0.717) is 0 Å². The van der Waals surface area contributed by atoms with Crippen LogP contribution in [0.5, 0.6) is 0 Å². The quantitative estimate of drug-likeness (QED) is 0.533. The van der Waals surface area contributed by atoms with Crippen molar-refractivity contribution < 1.29 is 0 Å². The fourth-order valence-corrected chi connectivity index (χ4v) is 1.99. The summed E-state index contributed by atoms with van der Waals surface area (Å²) in [6.45, 7) is 11.4. The third-order valence-corrected chi connectivity index (χ3v) is 2.98. The predicted octanol–water partition coefficient (Wildman–Crippen LogP) is 1.88. The summed E-state index contributed by atoms with van der Waals surface area (Å²) in [5.41, 5.74) is 0. The SMILES string of the molecule is C/C=C/CNCC1CCN(C(C)C)C1. The largest absolute Gasteiger partial charge is 0.313 e. The molecule has 82 valence electrons. The van der Waals surface area contributed by atoms with Gasteiger partial charge in [0.05, 0.1) is 0 Å². The number of likely N-dealkylation sites (tertiary alicyclic amines) is 1. The Morgan fingerprint density at radius 2 is 2.29 bits per heavy atom. The van der Waals surface area contributed by atoms with Gasteiger partial charge in [0, 0.05) is 19.1 Å². The van der Waals surface area contributed by atoms with Crippen molar-refractivity contribution in [1.29, 1.82) is 0 Å². The molecule has 0 amide bonds. The first kappa shape index (κ1) is 11.7. The molecule has 1 saturated heterocycles. The predicted molar refractivity (Wildman–Crippen MR) is 62.5 cm³/mol.